The van der Waals surface area contributed by atoms with Gasteiger partial charge in [-0.3, -0.25) is 0 Å². The highest BCUT2D eigenvalue weighted by Crippen LogP contribution is 2.32. The second kappa shape index (κ2) is 16.4. The third-order valence-electron chi connectivity index (χ3n) is 9.07. The lowest BCUT2D eigenvalue weighted by Gasteiger charge is -2.47. The summed E-state index contributed by atoms with van der Waals surface area (Å²) in [5, 5.41) is 134. The van der Waals surface area contributed by atoms with Crippen molar-refractivity contribution in [2.45, 2.75) is 142 Å². The Kier molecular flexibility index (Phi) is 13.2. The summed E-state index contributed by atoms with van der Waals surface area (Å²) in [5.74, 6) is 0. The van der Waals surface area contributed by atoms with Gasteiger partial charge in [0.2, 0.25) is 0 Å². The van der Waals surface area contributed by atoms with Crippen LogP contribution >= 0.6 is 0 Å². The van der Waals surface area contributed by atoms with Crippen molar-refractivity contribution < 1.29 is 109 Å². The fourth-order valence-electron chi connectivity index (χ4n) is 6.07. The van der Waals surface area contributed by atoms with Gasteiger partial charge in [-0.2, -0.15) is 0 Å². The first-order chi connectivity index (χ1) is 23.1. The van der Waals surface area contributed by atoms with Crippen LogP contribution in [0, 0.1) is 0 Å². The van der Waals surface area contributed by atoms with Crippen molar-refractivity contribution in [3.63, 3.8) is 0 Å². The minimum Gasteiger partial charge on any atom is -0.388 e. The van der Waals surface area contributed by atoms with Crippen LogP contribution in [-0.4, -0.2) is 228 Å². The number of aliphatic hydroxyl groups excluding tert-OH is 13. The Morgan fingerprint density at radius 2 is 0.959 bits per heavy atom. The van der Waals surface area contributed by atoms with Crippen molar-refractivity contribution in [3.05, 3.63) is 0 Å². The molecule has 5 heterocycles. The Balaban J connectivity index is 1.18. The van der Waals surface area contributed by atoms with Gasteiger partial charge < -0.3 is 109 Å². The summed E-state index contributed by atoms with van der Waals surface area (Å²) in [6.07, 6.45) is -35.6. The molecule has 0 aromatic carbocycles. The van der Waals surface area contributed by atoms with Crippen molar-refractivity contribution >= 4 is 0 Å². The third-order valence-corrected chi connectivity index (χ3v) is 9.07. The summed E-state index contributed by atoms with van der Waals surface area (Å²) in [5.41, 5.74) is 0. The second-order valence-electron chi connectivity index (χ2n) is 12.6. The normalized spacial score (nSPS) is 54.5. The van der Waals surface area contributed by atoms with Crippen LogP contribution in [0.2, 0.25) is 0 Å². The maximum atomic E-state index is 11.0. The molecule has 0 amide bonds. The molecule has 0 bridgehead atoms. The predicted octanol–water partition coefficient (Wildman–Crippen LogP) is -8.98. The summed E-state index contributed by atoms with van der Waals surface area (Å²) < 4.78 is 48.6. The number of ether oxygens (including phenoxy) is 9. The molecule has 5 aliphatic heterocycles. The van der Waals surface area contributed by atoms with E-state index in [0.29, 0.717) is 0 Å². The molecule has 0 aromatic heterocycles. The Morgan fingerprint density at radius 1 is 0.449 bits per heavy atom. The molecule has 49 heavy (non-hydrogen) atoms. The molecule has 0 radical (unpaired) electrons. The van der Waals surface area contributed by atoms with Crippen molar-refractivity contribution in [2.75, 3.05) is 26.4 Å². The topological polar surface area (TPSA) is 346 Å². The Morgan fingerprint density at radius 3 is 1.65 bits per heavy atom. The van der Waals surface area contributed by atoms with Gasteiger partial charge in [0, 0.05) is 0 Å². The van der Waals surface area contributed by atoms with Crippen LogP contribution in [0.4, 0.5) is 0 Å². The molecule has 0 aromatic rings. The van der Waals surface area contributed by atoms with E-state index in [-0.39, 0.29) is 6.61 Å². The third kappa shape index (κ3) is 8.36. The molecule has 5 saturated heterocycles. The molecule has 22 heteroatoms. The molecule has 22 atom stereocenters. The van der Waals surface area contributed by atoms with Gasteiger partial charge in [0.15, 0.2) is 31.5 Å². The average molecular weight is 723 g/mol. The minimum atomic E-state index is -1.92. The fourth-order valence-corrected chi connectivity index (χ4v) is 6.07. The molecule has 0 aliphatic carbocycles. The van der Waals surface area contributed by atoms with Gasteiger partial charge >= 0.3 is 0 Å². The first-order valence-electron chi connectivity index (χ1n) is 15.7. The van der Waals surface area contributed by atoms with E-state index in [2.05, 4.69) is 0 Å². The highest BCUT2D eigenvalue weighted by atomic mass is 16.8. The van der Waals surface area contributed by atoms with E-state index in [4.69, 9.17) is 42.6 Å². The van der Waals surface area contributed by atoms with Crippen LogP contribution in [-0.2, 0) is 42.6 Å². The second-order valence-corrected chi connectivity index (χ2v) is 12.6. The van der Waals surface area contributed by atoms with E-state index in [1.165, 1.54) is 6.92 Å². The molecule has 13 N–H and O–H groups in total. The van der Waals surface area contributed by atoms with Crippen LogP contribution in [0.3, 0.4) is 0 Å². The summed E-state index contributed by atoms with van der Waals surface area (Å²) in [6, 6.07) is 0. The maximum absolute atomic E-state index is 11.0. The standard InChI is InChI=1S/C27H46O22/c1-6-20(47-27-16(36)13(33)12(32)10(46-27)5-44-24-15(35)11(31)7(28)2-42-24)14(34)17(37)26(45-6)49-22-9(30)4-43-25(19(22)39)48-21-8(29)3-41-23(40)18(21)38/h6-40H,2-5H2,1H3/t6-,7-,8-,9+,10+,11-,12-,13-,14-,15+,16+,17+,18+,19+,20-,21-,22-,23+,24-,25-,26-,27-/m0/s1. The molecule has 5 rings (SSSR count). The van der Waals surface area contributed by atoms with Crippen LogP contribution < -0.4 is 0 Å². The summed E-state index contributed by atoms with van der Waals surface area (Å²) in [7, 11) is 0. The Bertz CT molecular complexity index is 1040. The van der Waals surface area contributed by atoms with Gasteiger partial charge in [0.1, 0.15) is 97.7 Å². The van der Waals surface area contributed by atoms with Crippen molar-refractivity contribution in [1.29, 1.82) is 0 Å². The zero-order valence-electron chi connectivity index (χ0n) is 26.0. The molecule has 0 unspecified atom stereocenters. The van der Waals surface area contributed by atoms with Crippen molar-refractivity contribution in [3.8, 4) is 0 Å². The molecule has 0 spiro atoms. The van der Waals surface area contributed by atoms with Gasteiger partial charge in [-0.05, 0) is 6.92 Å². The van der Waals surface area contributed by atoms with Gasteiger partial charge in [0.25, 0.3) is 0 Å². The Hall–Kier alpha value is -0.880. The fraction of sp³-hybridized carbons (Fsp3) is 1.00. The lowest BCUT2D eigenvalue weighted by atomic mass is 9.97. The summed E-state index contributed by atoms with van der Waals surface area (Å²) in [4.78, 5) is 0. The lowest BCUT2D eigenvalue weighted by Crippen LogP contribution is -2.65. The van der Waals surface area contributed by atoms with Crippen LogP contribution in [0.15, 0.2) is 0 Å². The molecule has 0 saturated carbocycles. The van der Waals surface area contributed by atoms with E-state index in [0.717, 1.165) is 0 Å². The zero-order chi connectivity index (χ0) is 35.9. The number of aliphatic hydroxyl groups is 13. The smallest absolute Gasteiger partial charge is 0.187 e. The number of rotatable bonds is 9. The van der Waals surface area contributed by atoms with E-state index in [1.807, 2.05) is 0 Å². The highest BCUT2D eigenvalue weighted by Gasteiger charge is 2.53. The molecular weight excluding hydrogens is 676 g/mol. The minimum absolute atomic E-state index is 0.370. The van der Waals surface area contributed by atoms with E-state index < -0.39 is 155 Å². The lowest BCUT2D eigenvalue weighted by molar-refractivity contribution is -0.378. The van der Waals surface area contributed by atoms with Gasteiger partial charge in [-0.1, -0.05) is 0 Å². The van der Waals surface area contributed by atoms with E-state index in [9.17, 15) is 66.4 Å². The number of hydrogen-bond acceptors (Lipinski definition) is 22. The van der Waals surface area contributed by atoms with Crippen LogP contribution in [0.1, 0.15) is 6.92 Å². The highest BCUT2D eigenvalue weighted by molar-refractivity contribution is 4.95. The summed E-state index contributed by atoms with van der Waals surface area (Å²) >= 11 is 0. The molecular formula is C27H46O22. The van der Waals surface area contributed by atoms with E-state index >= 15 is 0 Å². The van der Waals surface area contributed by atoms with Gasteiger partial charge in [-0.15, -0.1) is 0 Å². The number of hydrogen-bond donors (Lipinski definition) is 13. The quantitative estimate of drug-likeness (QED) is 0.105. The monoisotopic (exact) mass is 722 g/mol. The maximum Gasteiger partial charge on any atom is 0.187 e. The predicted molar refractivity (Wildman–Crippen MR) is 147 cm³/mol. The van der Waals surface area contributed by atoms with Crippen molar-refractivity contribution in [1.82, 2.24) is 0 Å². The SMILES string of the molecule is C[C@@H]1O[C@@H](O[C@@H]2[C@@H](O)[C@H](O[C@@H]3[C@@H](O)[C@H](O)OC[C@@H]3O)OC[C@H]2O)[C@H](O)[C@H](O)[C@H]1O[C@@H]1O[C@H](CO[C@@H]2OC[C@H](O)[C@H](O)[C@H]2O)[C@H](O)[C@H](O)[C@H]1O. The van der Waals surface area contributed by atoms with Crippen LogP contribution in [0.5, 0.6) is 0 Å². The van der Waals surface area contributed by atoms with Gasteiger partial charge in [0.05, 0.1) is 32.5 Å². The van der Waals surface area contributed by atoms with Crippen LogP contribution in [0.25, 0.3) is 0 Å². The molecule has 22 nitrogen and oxygen atoms in total. The average Bonchev–Trinajstić information content (AvgIpc) is 3.07. The van der Waals surface area contributed by atoms with E-state index in [1.54, 1.807) is 0 Å². The first kappa shape index (κ1) is 39.3. The molecule has 286 valence electrons. The largest absolute Gasteiger partial charge is 0.388 e. The van der Waals surface area contributed by atoms with Crippen molar-refractivity contribution in [2.24, 2.45) is 0 Å². The summed E-state index contributed by atoms with van der Waals surface area (Å²) in [6.45, 7) is -0.448. The first-order valence-corrected chi connectivity index (χ1v) is 15.7. The Labute approximate surface area is 278 Å². The van der Waals surface area contributed by atoms with Gasteiger partial charge in [-0.25, -0.2) is 0 Å². The zero-order valence-corrected chi connectivity index (χ0v) is 26.0. The molecule has 5 fully saturated rings. The molecule has 5 aliphatic rings.